The highest BCUT2D eigenvalue weighted by Crippen LogP contribution is 2.24. The third kappa shape index (κ3) is 3.26. The highest BCUT2D eigenvalue weighted by Gasteiger charge is 2.25. The maximum absolute atomic E-state index is 12.4. The number of carbonyl (C=O) groups excluding carboxylic acids is 1. The lowest BCUT2D eigenvalue weighted by molar-refractivity contribution is -0.133. The Kier molecular flexibility index (Phi) is 3.94. The van der Waals surface area contributed by atoms with Gasteiger partial charge in [-0.25, -0.2) is 0 Å². The largest absolute Gasteiger partial charge is 0.340 e. The third-order valence-corrected chi connectivity index (χ3v) is 3.84. The van der Waals surface area contributed by atoms with Gasteiger partial charge < -0.3 is 4.90 Å². The molecule has 0 saturated carbocycles. The van der Waals surface area contributed by atoms with E-state index in [2.05, 4.69) is 15.1 Å². The lowest BCUT2D eigenvalue weighted by atomic mass is 9.95. The molecule has 1 saturated heterocycles. The number of rotatable bonds is 3. The van der Waals surface area contributed by atoms with Crippen LogP contribution in [0.25, 0.3) is 0 Å². The van der Waals surface area contributed by atoms with Crippen LogP contribution in [0.4, 0.5) is 0 Å². The van der Waals surface area contributed by atoms with Crippen molar-refractivity contribution >= 4 is 5.91 Å². The van der Waals surface area contributed by atoms with Gasteiger partial charge >= 0.3 is 0 Å². The molecular formula is C15H19N5O. The Hall–Kier alpha value is -2.24. The van der Waals surface area contributed by atoms with E-state index in [0.29, 0.717) is 6.54 Å². The maximum atomic E-state index is 12.4. The van der Waals surface area contributed by atoms with Gasteiger partial charge in [0, 0.05) is 43.8 Å². The fraction of sp³-hybridized carbons (Fsp3) is 0.467. The lowest BCUT2D eigenvalue weighted by Crippen LogP contribution is -2.41. The van der Waals surface area contributed by atoms with Crippen molar-refractivity contribution in [1.29, 1.82) is 0 Å². The summed E-state index contributed by atoms with van der Waals surface area (Å²) in [5.74, 6) is 0.405. The predicted octanol–water partition coefficient (Wildman–Crippen LogP) is 1.39. The molecule has 1 atom stereocenters. The molecule has 1 amide bonds. The Morgan fingerprint density at radius 1 is 1.38 bits per heavy atom. The first-order valence-corrected chi connectivity index (χ1v) is 7.25. The number of aryl methyl sites for hydroxylation is 1. The van der Waals surface area contributed by atoms with E-state index in [0.717, 1.165) is 37.2 Å². The van der Waals surface area contributed by atoms with Crippen LogP contribution in [0.2, 0.25) is 0 Å². The number of nitrogens with zero attached hydrogens (tertiary/aromatic N) is 5. The Labute approximate surface area is 123 Å². The highest BCUT2D eigenvalue weighted by atomic mass is 16.2. The molecule has 0 aliphatic carbocycles. The molecule has 21 heavy (non-hydrogen) atoms. The molecule has 0 bridgehead atoms. The van der Waals surface area contributed by atoms with E-state index >= 15 is 0 Å². The van der Waals surface area contributed by atoms with Crippen molar-refractivity contribution in [3.05, 3.63) is 42.2 Å². The van der Waals surface area contributed by atoms with Gasteiger partial charge in [0.05, 0.1) is 11.9 Å². The van der Waals surface area contributed by atoms with Crippen molar-refractivity contribution in [2.24, 2.45) is 0 Å². The van der Waals surface area contributed by atoms with Crippen LogP contribution in [0.5, 0.6) is 0 Å². The molecule has 0 radical (unpaired) electrons. The molecule has 6 heteroatoms. The van der Waals surface area contributed by atoms with Crippen molar-refractivity contribution in [1.82, 2.24) is 24.6 Å². The fourth-order valence-electron chi connectivity index (χ4n) is 2.76. The summed E-state index contributed by atoms with van der Waals surface area (Å²) >= 11 is 0. The number of hydrogen-bond donors (Lipinski definition) is 0. The van der Waals surface area contributed by atoms with E-state index < -0.39 is 0 Å². The quantitative estimate of drug-likeness (QED) is 0.855. The van der Waals surface area contributed by atoms with Gasteiger partial charge in [0.25, 0.3) is 0 Å². The average molecular weight is 285 g/mol. The molecular weight excluding hydrogens is 266 g/mol. The summed E-state index contributed by atoms with van der Waals surface area (Å²) in [5.41, 5.74) is 2.05. The van der Waals surface area contributed by atoms with Gasteiger partial charge in [0.15, 0.2) is 0 Å². The van der Waals surface area contributed by atoms with E-state index in [1.54, 1.807) is 29.5 Å². The first-order valence-electron chi connectivity index (χ1n) is 7.25. The lowest BCUT2D eigenvalue weighted by Gasteiger charge is -2.32. The van der Waals surface area contributed by atoms with Gasteiger partial charge in [0.2, 0.25) is 5.91 Å². The van der Waals surface area contributed by atoms with Crippen molar-refractivity contribution in [2.45, 2.75) is 32.2 Å². The van der Waals surface area contributed by atoms with Crippen LogP contribution in [0.15, 0.2) is 31.0 Å². The maximum Gasteiger partial charge on any atom is 0.244 e. The molecule has 0 unspecified atom stereocenters. The topological polar surface area (TPSA) is 63.9 Å². The first-order chi connectivity index (χ1) is 10.2. The molecule has 1 aliphatic rings. The number of aromatic nitrogens is 4. The van der Waals surface area contributed by atoms with Gasteiger partial charge in [0.1, 0.15) is 6.54 Å². The molecule has 1 aliphatic heterocycles. The molecule has 1 fully saturated rings. The van der Waals surface area contributed by atoms with Crippen LogP contribution in [-0.2, 0) is 11.3 Å². The summed E-state index contributed by atoms with van der Waals surface area (Å²) in [5, 5.41) is 4.17. The van der Waals surface area contributed by atoms with Crippen molar-refractivity contribution in [3.8, 4) is 0 Å². The summed E-state index contributed by atoms with van der Waals surface area (Å²) in [4.78, 5) is 22.8. The van der Waals surface area contributed by atoms with Crippen molar-refractivity contribution in [3.63, 3.8) is 0 Å². The van der Waals surface area contributed by atoms with E-state index in [-0.39, 0.29) is 11.8 Å². The summed E-state index contributed by atoms with van der Waals surface area (Å²) < 4.78 is 1.70. The number of amides is 1. The predicted molar refractivity (Wildman–Crippen MR) is 77.6 cm³/mol. The number of piperidine rings is 1. The Balaban J connectivity index is 1.64. The minimum absolute atomic E-state index is 0.117. The molecule has 3 rings (SSSR count). The van der Waals surface area contributed by atoms with Crippen LogP contribution in [0, 0.1) is 6.92 Å². The van der Waals surface area contributed by atoms with E-state index in [4.69, 9.17) is 0 Å². The zero-order valence-corrected chi connectivity index (χ0v) is 12.1. The molecule has 0 spiro atoms. The number of carbonyl (C=O) groups is 1. The minimum atomic E-state index is 0.117. The summed E-state index contributed by atoms with van der Waals surface area (Å²) in [7, 11) is 0. The molecule has 2 aromatic rings. The van der Waals surface area contributed by atoms with Crippen molar-refractivity contribution < 1.29 is 4.79 Å². The third-order valence-electron chi connectivity index (χ3n) is 3.84. The van der Waals surface area contributed by atoms with Gasteiger partial charge in [-0.05, 0) is 25.3 Å². The summed E-state index contributed by atoms with van der Waals surface area (Å²) in [6, 6.07) is 0. The SMILES string of the molecule is Cc1cnn(CC(=O)N2CCC[C@H](c3cnccn3)C2)c1. The second kappa shape index (κ2) is 6.03. The van der Waals surface area contributed by atoms with Gasteiger partial charge in [-0.15, -0.1) is 0 Å². The molecule has 6 nitrogen and oxygen atoms in total. The zero-order chi connectivity index (χ0) is 14.7. The molecule has 3 heterocycles. The average Bonchev–Trinajstić information content (AvgIpc) is 2.93. The molecule has 110 valence electrons. The van der Waals surface area contributed by atoms with Crippen molar-refractivity contribution in [2.75, 3.05) is 13.1 Å². The zero-order valence-electron chi connectivity index (χ0n) is 12.1. The smallest absolute Gasteiger partial charge is 0.244 e. The van der Waals surface area contributed by atoms with Gasteiger partial charge in [-0.2, -0.15) is 5.10 Å². The Bertz CT molecular complexity index is 610. The monoisotopic (exact) mass is 285 g/mol. The number of likely N-dealkylation sites (tertiary alicyclic amines) is 1. The van der Waals surface area contributed by atoms with E-state index in [1.807, 2.05) is 18.0 Å². The van der Waals surface area contributed by atoms with Crippen LogP contribution < -0.4 is 0 Å². The van der Waals surface area contributed by atoms with E-state index in [1.165, 1.54) is 0 Å². The molecule has 0 aromatic carbocycles. The second-order valence-corrected chi connectivity index (χ2v) is 5.52. The molecule has 2 aromatic heterocycles. The van der Waals surface area contributed by atoms with Crippen LogP contribution >= 0.6 is 0 Å². The summed E-state index contributed by atoms with van der Waals surface area (Å²) in [6.07, 6.45) is 10.9. The standard InChI is InChI=1S/C15H19N5O/c1-12-7-18-20(9-12)11-15(21)19-6-2-3-13(10-19)14-8-16-4-5-17-14/h4-5,7-9,13H,2-3,6,10-11H2,1H3/t13-/m0/s1. The normalized spacial score (nSPS) is 18.7. The minimum Gasteiger partial charge on any atom is -0.340 e. The second-order valence-electron chi connectivity index (χ2n) is 5.52. The number of hydrogen-bond acceptors (Lipinski definition) is 4. The Morgan fingerprint density at radius 3 is 3.00 bits per heavy atom. The van der Waals surface area contributed by atoms with Crippen LogP contribution in [-0.4, -0.2) is 43.6 Å². The van der Waals surface area contributed by atoms with E-state index in [9.17, 15) is 4.79 Å². The van der Waals surface area contributed by atoms with Crippen LogP contribution in [0.1, 0.15) is 30.0 Å². The van der Waals surface area contributed by atoms with Gasteiger partial charge in [-0.3, -0.25) is 19.4 Å². The summed E-state index contributed by atoms with van der Waals surface area (Å²) in [6.45, 7) is 3.81. The van der Waals surface area contributed by atoms with Gasteiger partial charge in [-0.1, -0.05) is 0 Å². The highest BCUT2D eigenvalue weighted by molar-refractivity contribution is 5.76. The Morgan fingerprint density at radius 2 is 2.29 bits per heavy atom. The molecule has 0 N–H and O–H groups in total. The van der Waals surface area contributed by atoms with Crippen LogP contribution in [0.3, 0.4) is 0 Å². The first kappa shape index (κ1) is 13.7. The fourth-order valence-corrected chi connectivity index (χ4v) is 2.76.